The molecule has 9 nitrogen and oxygen atoms in total. The number of aliphatic carboxylic acids is 1. The molecule has 0 radical (unpaired) electrons. The maximum atomic E-state index is 12.8. The summed E-state index contributed by atoms with van der Waals surface area (Å²) in [6.07, 6.45) is 9.66. The number of nitro benzene ring substituents is 1. The van der Waals surface area contributed by atoms with Gasteiger partial charge in [-0.1, -0.05) is 18.9 Å². The molecule has 1 heterocycles. The Morgan fingerprint density at radius 2 is 1.77 bits per heavy atom. The molecule has 2 saturated carbocycles. The Kier molecular flexibility index (Phi) is 11.8. The summed E-state index contributed by atoms with van der Waals surface area (Å²) in [7, 11) is 0. The van der Waals surface area contributed by atoms with Crippen molar-refractivity contribution >= 4 is 17.7 Å². The maximum absolute atomic E-state index is 12.8. The lowest BCUT2D eigenvalue weighted by Gasteiger charge is -2.38. The molecular formula is C30H45N3O6. The molecule has 9 heteroatoms. The van der Waals surface area contributed by atoms with Crippen LogP contribution in [-0.4, -0.2) is 64.1 Å². The fourth-order valence-electron chi connectivity index (χ4n) is 6.11. The SMILES string of the molecule is C=CC.CCN(C(=O)OCc1ccc([N+](=O)[O-])cc1)C1CCN(CC2CCC(C(CC3CC3)C(=O)O)C2)CC1. The second-order valence-electron chi connectivity index (χ2n) is 11.3. The number of non-ortho nitro benzene ring substituents is 1. The van der Waals surface area contributed by atoms with Crippen molar-refractivity contribution in [1.29, 1.82) is 0 Å². The lowest BCUT2D eigenvalue weighted by molar-refractivity contribution is -0.384. The zero-order chi connectivity index (χ0) is 28.4. The van der Waals surface area contributed by atoms with E-state index in [1.165, 1.54) is 25.0 Å². The maximum Gasteiger partial charge on any atom is 0.410 e. The van der Waals surface area contributed by atoms with Crippen LogP contribution in [0, 0.1) is 33.8 Å². The monoisotopic (exact) mass is 543 g/mol. The molecule has 39 heavy (non-hydrogen) atoms. The first-order chi connectivity index (χ1) is 18.7. The lowest BCUT2D eigenvalue weighted by Crippen LogP contribution is -2.48. The van der Waals surface area contributed by atoms with E-state index in [9.17, 15) is 24.8 Å². The number of nitrogens with zero attached hydrogens (tertiary/aromatic N) is 3. The van der Waals surface area contributed by atoms with Crippen LogP contribution in [0.2, 0.25) is 0 Å². The number of amides is 1. The van der Waals surface area contributed by atoms with Crippen LogP contribution in [0.25, 0.3) is 0 Å². The number of likely N-dealkylation sites (tertiary alicyclic amines) is 1. The summed E-state index contributed by atoms with van der Waals surface area (Å²) in [5.74, 6) is 0.775. The summed E-state index contributed by atoms with van der Waals surface area (Å²) in [5.41, 5.74) is 0.733. The Hall–Kier alpha value is -2.94. The summed E-state index contributed by atoms with van der Waals surface area (Å²) >= 11 is 0. The quantitative estimate of drug-likeness (QED) is 0.203. The molecule has 1 aliphatic heterocycles. The average molecular weight is 544 g/mol. The number of piperidine rings is 1. The highest BCUT2D eigenvalue weighted by molar-refractivity contribution is 5.70. The van der Waals surface area contributed by atoms with E-state index in [4.69, 9.17) is 4.74 Å². The van der Waals surface area contributed by atoms with Crippen LogP contribution in [0.15, 0.2) is 36.9 Å². The van der Waals surface area contributed by atoms with E-state index in [0.717, 1.165) is 63.7 Å². The molecule has 1 aromatic carbocycles. The number of hydrogen-bond donors (Lipinski definition) is 1. The second-order valence-corrected chi connectivity index (χ2v) is 11.3. The first kappa shape index (κ1) is 30.6. The van der Waals surface area contributed by atoms with Crippen molar-refractivity contribution in [2.45, 2.75) is 77.9 Å². The molecule has 4 rings (SSSR count). The summed E-state index contributed by atoms with van der Waals surface area (Å²) in [6, 6.07) is 6.19. The van der Waals surface area contributed by atoms with E-state index in [0.29, 0.717) is 24.3 Å². The number of carbonyl (C=O) groups excluding carboxylic acids is 1. The third-order valence-corrected chi connectivity index (χ3v) is 8.35. The van der Waals surface area contributed by atoms with Crippen LogP contribution in [-0.2, 0) is 16.1 Å². The van der Waals surface area contributed by atoms with Gasteiger partial charge in [0.15, 0.2) is 0 Å². The van der Waals surface area contributed by atoms with Crippen LogP contribution in [0.1, 0.15) is 70.8 Å². The fraction of sp³-hybridized carbons (Fsp3) is 0.667. The molecular weight excluding hydrogens is 498 g/mol. The molecule has 3 aliphatic rings. The first-order valence-electron chi connectivity index (χ1n) is 14.4. The number of carboxylic acid groups (broad SMARTS) is 1. The third kappa shape index (κ3) is 9.34. The van der Waals surface area contributed by atoms with Gasteiger partial charge in [-0.15, -0.1) is 6.58 Å². The lowest BCUT2D eigenvalue weighted by atomic mass is 9.86. The number of allylic oxidation sites excluding steroid dienone is 1. The predicted octanol–water partition coefficient (Wildman–Crippen LogP) is 6.13. The molecule has 216 valence electrons. The highest BCUT2D eigenvalue weighted by Gasteiger charge is 2.39. The Labute approximate surface area is 232 Å². The number of hydrogen-bond acceptors (Lipinski definition) is 6. The zero-order valence-electron chi connectivity index (χ0n) is 23.5. The minimum absolute atomic E-state index is 0.0140. The molecule has 0 spiro atoms. The summed E-state index contributed by atoms with van der Waals surface area (Å²) in [4.78, 5) is 39.2. The van der Waals surface area contributed by atoms with Crippen molar-refractivity contribution in [1.82, 2.24) is 9.80 Å². The molecule has 1 amide bonds. The fourth-order valence-corrected chi connectivity index (χ4v) is 6.11. The molecule has 1 saturated heterocycles. The minimum atomic E-state index is -0.603. The van der Waals surface area contributed by atoms with Gasteiger partial charge in [-0.2, -0.15) is 0 Å². The number of rotatable bonds is 11. The van der Waals surface area contributed by atoms with Gasteiger partial charge in [0, 0.05) is 44.4 Å². The van der Waals surface area contributed by atoms with E-state index in [1.54, 1.807) is 23.1 Å². The van der Waals surface area contributed by atoms with Gasteiger partial charge in [-0.05, 0) is 87.8 Å². The van der Waals surface area contributed by atoms with Crippen molar-refractivity contribution in [3.63, 3.8) is 0 Å². The van der Waals surface area contributed by atoms with Gasteiger partial charge in [0.05, 0.1) is 10.8 Å². The average Bonchev–Trinajstić information content (AvgIpc) is 3.64. The largest absolute Gasteiger partial charge is 0.481 e. The summed E-state index contributed by atoms with van der Waals surface area (Å²) in [6.45, 7) is 10.8. The van der Waals surface area contributed by atoms with Crippen molar-refractivity contribution in [2.75, 3.05) is 26.2 Å². The summed E-state index contributed by atoms with van der Waals surface area (Å²) < 4.78 is 5.51. The number of carbonyl (C=O) groups is 2. The molecule has 1 aromatic rings. The summed E-state index contributed by atoms with van der Waals surface area (Å²) in [5, 5.41) is 20.5. The second kappa shape index (κ2) is 15.0. The Bertz CT molecular complexity index is 956. The smallest absolute Gasteiger partial charge is 0.410 e. The van der Waals surface area contributed by atoms with Gasteiger partial charge in [-0.3, -0.25) is 14.9 Å². The van der Waals surface area contributed by atoms with Gasteiger partial charge in [0.2, 0.25) is 0 Å². The molecule has 3 unspecified atom stereocenters. The molecule has 3 fully saturated rings. The normalized spacial score (nSPS) is 22.3. The van der Waals surface area contributed by atoms with Gasteiger partial charge in [0.25, 0.3) is 5.69 Å². The number of benzene rings is 1. The van der Waals surface area contributed by atoms with E-state index in [2.05, 4.69) is 11.5 Å². The Morgan fingerprint density at radius 1 is 1.15 bits per heavy atom. The van der Waals surface area contributed by atoms with Crippen LogP contribution < -0.4 is 0 Å². The standard InChI is InChI=1S/C27H39N3O6.C3H6/c1-2-29(27(33)36-18-20-6-9-24(10-7-20)30(34)35)23-11-13-28(14-12-23)17-21-5-8-22(15-21)25(26(31)32)16-19-3-4-19;1-3-2/h6-7,9-10,19,21-23,25H,2-5,8,11-18H2,1H3,(H,31,32);3H,1H2,2H3. The number of carboxylic acids is 1. The van der Waals surface area contributed by atoms with Gasteiger partial charge in [0.1, 0.15) is 6.61 Å². The molecule has 2 aliphatic carbocycles. The van der Waals surface area contributed by atoms with Crippen molar-refractivity contribution in [3.8, 4) is 0 Å². The van der Waals surface area contributed by atoms with Crippen molar-refractivity contribution < 1.29 is 24.4 Å². The Balaban J connectivity index is 0.00000134. The van der Waals surface area contributed by atoms with Crippen LogP contribution >= 0.6 is 0 Å². The minimum Gasteiger partial charge on any atom is -0.481 e. The van der Waals surface area contributed by atoms with E-state index >= 15 is 0 Å². The van der Waals surface area contributed by atoms with Crippen molar-refractivity contribution in [2.24, 2.45) is 23.7 Å². The third-order valence-electron chi connectivity index (χ3n) is 8.35. The van der Waals surface area contributed by atoms with Gasteiger partial charge < -0.3 is 19.6 Å². The first-order valence-corrected chi connectivity index (χ1v) is 14.4. The number of nitro groups is 1. The highest BCUT2D eigenvalue weighted by atomic mass is 16.6. The van der Waals surface area contributed by atoms with Gasteiger partial charge in [-0.25, -0.2) is 4.79 Å². The van der Waals surface area contributed by atoms with E-state index < -0.39 is 10.9 Å². The molecule has 0 aromatic heterocycles. The van der Waals surface area contributed by atoms with Crippen molar-refractivity contribution in [3.05, 3.63) is 52.6 Å². The van der Waals surface area contributed by atoms with E-state index in [-0.39, 0.29) is 30.3 Å². The topological polar surface area (TPSA) is 113 Å². The van der Waals surface area contributed by atoms with Crippen LogP contribution in [0.4, 0.5) is 10.5 Å². The van der Waals surface area contributed by atoms with E-state index in [1.807, 2.05) is 13.8 Å². The highest BCUT2D eigenvalue weighted by Crippen LogP contribution is 2.43. The zero-order valence-corrected chi connectivity index (χ0v) is 23.5. The van der Waals surface area contributed by atoms with Gasteiger partial charge >= 0.3 is 12.1 Å². The predicted molar refractivity (Wildman–Crippen MR) is 150 cm³/mol. The van der Waals surface area contributed by atoms with Crippen LogP contribution in [0.3, 0.4) is 0 Å². The molecule has 1 N–H and O–H groups in total. The number of ether oxygens (including phenoxy) is 1. The van der Waals surface area contributed by atoms with Crippen LogP contribution in [0.5, 0.6) is 0 Å². The molecule has 3 atom stereocenters. The molecule has 0 bridgehead atoms. The Morgan fingerprint density at radius 3 is 2.31 bits per heavy atom.